The number of ether oxygens (including phenoxy) is 1. The number of carbonyl (C=O) groups excluding carboxylic acids is 1. The number of piperidine rings is 1. The Hall–Kier alpha value is -2.98. The molecule has 6 heterocycles. The number of fused-ring (bicyclic) bond motifs is 4. The number of hydrogen-bond acceptors (Lipinski definition) is 9. The molecule has 202 valence electrons. The molecule has 0 bridgehead atoms. The zero-order valence-corrected chi connectivity index (χ0v) is 22.0. The maximum Gasteiger partial charge on any atom is 0.267 e. The van der Waals surface area contributed by atoms with Gasteiger partial charge in [0.1, 0.15) is 17.7 Å². The number of morpholine rings is 1. The molecular weight excluding hydrogens is 480 g/mol. The fourth-order valence-electron chi connectivity index (χ4n) is 7.27. The fourth-order valence-corrected chi connectivity index (χ4v) is 7.27. The average molecular weight is 519 g/mol. The van der Waals surface area contributed by atoms with Gasteiger partial charge in [0.25, 0.3) is 5.91 Å². The Kier molecular flexibility index (Phi) is 6.31. The highest BCUT2D eigenvalue weighted by Gasteiger charge is 2.52. The number of piperazine rings is 1. The second kappa shape index (κ2) is 9.96. The van der Waals surface area contributed by atoms with E-state index in [9.17, 15) is 4.79 Å². The highest BCUT2D eigenvalue weighted by atomic mass is 16.5. The topological polar surface area (TPSA) is 97.7 Å². The molecule has 6 aliphatic rings. The molecule has 38 heavy (non-hydrogen) atoms. The van der Waals surface area contributed by atoms with Crippen LogP contribution in [0.1, 0.15) is 44.9 Å². The molecule has 10 nitrogen and oxygen atoms in total. The van der Waals surface area contributed by atoms with E-state index in [2.05, 4.69) is 42.5 Å². The lowest BCUT2D eigenvalue weighted by Gasteiger charge is -2.51. The lowest BCUT2D eigenvalue weighted by atomic mass is 9.78. The Morgan fingerprint density at radius 1 is 1.05 bits per heavy atom. The summed E-state index contributed by atoms with van der Waals surface area (Å²) in [5.74, 6) is 1.33. The molecule has 1 aromatic rings. The first kappa shape index (κ1) is 24.1. The molecular formula is C28H38N8O2. The Bertz CT molecular complexity index is 1130. The summed E-state index contributed by atoms with van der Waals surface area (Å²) in [4.78, 5) is 34.4. The van der Waals surface area contributed by atoms with Gasteiger partial charge in [-0.25, -0.2) is 15.0 Å². The zero-order chi connectivity index (χ0) is 25.5. The van der Waals surface area contributed by atoms with Gasteiger partial charge in [-0.3, -0.25) is 9.69 Å². The Morgan fingerprint density at radius 2 is 1.87 bits per heavy atom. The minimum Gasteiger partial charge on any atom is -0.379 e. The molecule has 1 aromatic heterocycles. The van der Waals surface area contributed by atoms with Crippen LogP contribution in [-0.2, 0) is 9.53 Å². The molecule has 5 aliphatic heterocycles. The highest BCUT2D eigenvalue weighted by Crippen LogP contribution is 2.44. The Morgan fingerprint density at radius 3 is 2.63 bits per heavy atom. The van der Waals surface area contributed by atoms with Crippen molar-refractivity contribution in [2.75, 3.05) is 56.2 Å². The van der Waals surface area contributed by atoms with Crippen LogP contribution in [0.15, 0.2) is 40.1 Å². The minimum atomic E-state index is -0.124. The van der Waals surface area contributed by atoms with E-state index >= 15 is 0 Å². The first-order valence-electron chi connectivity index (χ1n) is 14.4. The summed E-state index contributed by atoms with van der Waals surface area (Å²) in [6.45, 7) is 6.65. The van der Waals surface area contributed by atoms with Crippen LogP contribution in [0.4, 0.5) is 11.5 Å². The van der Waals surface area contributed by atoms with Gasteiger partial charge in [0.05, 0.1) is 36.6 Å². The summed E-state index contributed by atoms with van der Waals surface area (Å²) in [5, 5.41) is 6.47. The summed E-state index contributed by atoms with van der Waals surface area (Å²) in [6.07, 6.45) is 14.0. The van der Waals surface area contributed by atoms with Gasteiger partial charge in [-0.1, -0.05) is 19.3 Å². The predicted octanol–water partition coefficient (Wildman–Crippen LogP) is 2.21. The van der Waals surface area contributed by atoms with Gasteiger partial charge in [-0.05, 0) is 43.9 Å². The summed E-state index contributed by atoms with van der Waals surface area (Å²) in [6, 6.07) is 4.82. The molecule has 1 saturated carbocycles. The van der Waals surface area contributed by atoms with Crippen LogP contribution >= 0.6 is 0 Å². The third-order valence-electron chi connectivity index (χ3n) is 9.33. The van der Waals surface area contributed by atoms with Crippen LogP contribution in [-0.4, -0.2) is 96.5 Å². The second-order valence-corrected chi connectivity index (χ2v) is 11.5. The van der Waals surface area contributed by atoms with Gasteiger partial charge in [0.15, 0.2) is 0 Å². The predicted molar refractivity (Wildman–Crippen MR) is 147 cm³/mol. The third kappa shape index (κ3) is 4.37. The number of aliphatic imine (C=N–C) groups is 2. The number of aromatic nitrogens is 1. The van der Waals surface area contributed by atoms with Crippen LogP contribution in [0, 0.1) is 5.92 Å². The molecule has 4 fully saturated rings. The monoisotopic (exact) mass is 518 g/mol. The van der Waals surface area contributed by atoms with E-state index < -0.39 is 0 Å². The molecule has 2 unspecified atom stereocenters. The number of amides is 1. The third-order valence-corrected chi connectivity index (χ3v) is 9.33. The van der Waals surface area contributed by atoms with Crippen molar-refractivity contribution in [3.05, 3.63) is 30.1 Å². The SMILES string of the molecule is O=C1NCC2(CCCCC2)N2C1=CC1C=NC(Nc3ccc(N4CCC(N5CCOCC5)CC4)cn3)=NC12. The van der Waals surface area contributed by atoms with Gasteiger partial charge in [0, 0.05) is 45.0 Å². The summed E-state index contributed by atoms with van der Waals surface area (Å²) in [5.41, 5.74) is 1.89. The Labute approximate surface area is 224 Å². The lowest BCUT2D eigenvalue weighted by molar-refractivity contribution is -0.124. The van der Waals surface area contributed by atoms with Crippen molar-refractivity contribution in [2.45, 2.75) is 62.7 Å². The second-order valence-electron chi connectivity index (χ2n) is 11.5. The lowest BCUT2D eigenvalue weighted by Crippen LogP contribution is -2.64. The maximum atomic E-state index is 12.7. The summed E-state index contributed by atoms with van der Waals surface area (Å²) < 4.78 is 5.52. The van der Waals surface area contributed by atoms with Crippen LogP contribution in [0.3, 0.4) is 0 Å². The molecule has 7 rings (SSSR count). The first-order chi connectivity index (χ1) is 18.7. The van der Waals surface area contributed by atoms with Crippen LogP contribution in [0.25, 0.3) is 0 Å². The summed E-state index contributed by atoms with van der Waals surface area (Å²) >= 11 is 0. The molecule has 1 aliphatic carbocycles. The van der Waals surface area contributed by atoms with Crippen molar-refractivity contribution in [2.24, 2.45) is 15.9 Å². The smallest absolute Gasteiger partial charge is 0.267 e. The van der Waals surface area contributed by atoms with E-state index in [0.29, 0.717) is 18.5 Å². The zero-order valence-electron chi connectivity index (χ0n) is 22.0. The number of nitrogens with one attached hydrogen (secondary N) is 2. The minimum absolute atomic E-state index is 0.0138. The summed E-state index contributed by atoms with van der Waals surface area (Å²) in [7, 11) is 0. The van der Waals surface area contributed by atoms with E-state index in [4.69, 9.17) is 14.7 Å². The van der Waals surface area contributed by atoms with Crippen molar-refractivity contribution in [3.8, 4) is 0 Å². The van der Waals surface area contributed by atoms with Crippen LogP contribution in [0.5, 0.6) is 0 Å². The van der Waals surface area contributed by atoms with E-state index in [1.54, 1.807) is 0 Å². The molecule has 0 radical (unpaired) electrons. The number of nitrogens with zero attached hydrogens (tertiary/aromatic N) is 6. The van der Waals surface area contributed by atoms with E-state index in [1.165, 1.54) is 32.1 Å². The highest BCUT2D eigenvalue weighted by molar-refractivity contribution is 6.01. The standard InChI is InChI=1S/C28H38N8O2/c37-26-23-16-20-17-30-27(33-25(20)36(23)28(19-31-26)8-2-1-3-9-28)32-24-5-4-22(18-29-24)34-10-6-21(7-11-34)35-12-14-38-15-13-35/h4-5,16-18,20-21,25H,1-3,6-15,19H2,(H,31,37)(H,29,32,33). The fraction of sp³-hybridized carbons (Fsp3) is 0.643. The van der Waals surface area contributed by atoms with Gasteiger partial charge >= 0.3 is 0 Å². The van der Waals surface area contributed by atoms with Gasteiger partial charge < -0.3 is 25.2 Å². The number of rotatable bonds is 3. The normalized spacial score (nSPS) is 29.4. The van der Waals surface area contributed by atoms with E-state index in [0.717, 1.165) is 69.4 Å². The van der Waals surface area contributed by atoms with Crippen molar-refractivity contribution < 1.29 is 9.53 Å². The largest absolute Gasteiger partial charge is 0.379 e. The molecule has 2 atom stereocenters. The van der Waals surface area contributed by atoms with Crippen LogP contribution in [0.2, 0.25) is 0 Å². The van der Waals surface area contributed by atoms with Crippen molar-refractivity contribution in [1.29, 1.82) is 0 Å². The maximum absolute atomic E-state index is 12.7. The van der Waals surface area contributed by atoms with Gasteiger partial charge in [-0.15, -0.1) is 0 Å². The van der Waals surface area contributed by atoms with Gasteiger partial charge in [-0.2, -0.15) is 0 Å². The molecule has 1 spiro atoms. The van der Waals surface area contributed by atoms with Crippen molar-refractivity contribution in [3.63, 3.8) is 0 Å². The quantitative estimate of drug-likeness (QED) is 0.633. The average Bonchev–Trinajstić information content (AvgIpc) is 3.38. The molecule has 0 aromatic carbocycles. The van der Waals surface area contributed by atoms with Crippen molar-refractivity contribution >= 4 is 29.6 Å². The molecule has 1 amide bonds. The number of pyridine rings is 1. The number of carbonyl (C=O) groups is 1. The molecule has 10 heteroatoms. The van der Waals surface area contributed by atoms with Gasteiger partial charge in [0.2, 0.25) is 5.96 Å². The van der Waals surface area contributed by atoms with E-state index in [-0.39, 0.29) is 23.5 Å². The van der Waals surface area contributed by atoms with E-state index in [1.807, 2.05) is 18.5 Å². The number of guanidine groups is 1. The van der Waals surface area contributed by atoms with Crippen LogP contribution < -0.4 is 15.5 Å². The number of hydrogen-bond donors (Lipinski definition) is 2. The molecule has 3 saturated heterocycles. The Balaban J connectivity index is 1.01. The van der Waals surface area contributed by atoms with Crippen molar-refractivity contribution in [1.82, 2.24) is 20.1 Å². The molecule has 2 N–H and O–H groups in total. The first-order valence-corrected chi connectivity index (χ1v) is 14.4. The number of anilines is 2.